The number of para-hydroxylation sites is 1. The summed E-state index contributed by atoms with van der Waals surface area (Å²) < 4.78 is 0. The monoisotopic (exact) mass is 315 g/mol. The zero-order valence-corrected chi connectivity index (χ0v) is 13.7. The van der Waals surface area contributed by atoms with Crippen molar-refractivity contribution < 1.29 is 9.59 Å². The van der Waals surface area contributed by atoms with Gasteiger partial charge in [-0.2, -0.15) is 0 Å². The molecule has 1 aliphatic heterocycles. The van der Waals surface area contributed by atoms with E-state index >= 15 is 0 Å². The fourth-order valence-electron chi connectivity index (χ4n) is 3.21. The normalized spacial score (nSPS) is 20.4. The van der Waals surface area contributed by atoms with Gasteiger partial charge in [0.15, 0.2) is 0 Å². The van der Waals surface area contributed by atoms with E-state index in [1.807, 2.05) is 23.1 Å². The van der Waals surface area contributed by atoms with Gasteiger partial charge in [0.25, 0.3) is 0 Å². The van der Waals surface area contributed by atoms with Gasteiger partial charge in [-0.3, -0.25) is 9.59 Å². The Morgan fingerprint density at radius 2 is 1.96 bits per heavy atom. The van der Waals surface area contributed by atoms with E-state index in [4.69, 9.17) is 0 Å². The van der Waals surface area contributed by atoms with Crippen molar-refractivity contribution in [2.75, 3.05) is 31.6 Å². The molecule has 1 saturated carbocycles. The van der Waals surface area contributed by atoms with Gasteiger partial charge in [-0.25, -0.2) is 0 Å². The molecule has 5 heteroatoms. The zero-order valence-electron chi connectivity index (χ0n) is 13.7. The predicted octanol–water partition coefficient (Wildman–Crippen LogP) is 1.64. The standard InChI is InChI=1S/C18H25N3O2/c1-20(15-6-3-2-4-7-15)13-16-8-5-11-21(16)17(22)12-19-18(23)14-9-10-14/h2-4,6-7,14,16H,5,8-13H2,1H3,(H,19,23)/t16-/m1/s1. The average molecular weight is 315 g/mol. The molecule has 2 fully saturated rings. The molecule has 23 heavy (non-hydrogen) atoms. The highest BCUT2D eigenvalue weighted by Gasteiger charge is 2.32. The summed E-state index contributed by atoms with van der Waals surface area (Å²) in [6, 6.07) is 10.4. The molecule has 0 radical (unpaired) electrons. The number of likely N-dealkylation sites (N-methyl/N-ethyl adjacent to an activating group) is 1. The van der Waals surface area contributed by atoms with Crippen LogP contribution in [-0.2, 0) is 9.59 Å². The first-order valence-corrected chi connectivity index (χ1v) is 8.48. The molecule has 1 heterocycles. The Kier molecular flexibility index (Phi) is 4.84. The highest BCUT2D eigenvalue weighted by atomic mass is 16.2. The number of anilines is 1. The Morgan fingerprint density at radius 3 is 2.65 bits per heavy atom. The number of rotatable bonds is 6. The molecule has 5 nitrogen and oxygen atoms in total. The summed E-state index contributed by atoms with van der Waals surface area (Å²) in [5.41, 5.74) is 1.16. The fraction of sp³-hybridized carbons (Fsp3) is 0.556. The van der Waals surface area contributed by atoms with E-state index in [-0.39, 0.29) is 30.3 Å². The Balaban J connectivity index is 1.52. The number of hydrogen-bond donors (Lipinski definition) is 1. The SMILES string of the molecule is CN(C[C@H]1CCCN1C(=O)CNC(=O)C1CC1)c1ccccc1. The second-order valence-electron chi connectivity index (χ2n) is 6.59. The first kappa shape index (κ1) is 15.8. The molecule has 0 bridgehead atoms. The van der Waals surface area contributed by atoms with Gasteiger partial charge in [0.1, 0.15) is 0 Å². The number of carbonyl (C=O) groups excluding carboxylic acids is 2. The molecule has 1 saturated heterocycles. The number of hydrogen-bond acceptors (Lipinski definition) is 3. The van der Waals surface area contributed by atoms with Crippen molar-refractivity contribution in [1.82, 2.24) is 10.2 Å². The van der Waals surface area contributed by atoms with Crippen molar-refractivity contribution in [3.8, 4) is 0 Å². The maximum Gasteiger partial charge on any atom is 0.242 e. The molecular formula is C18H25N3O2. The largest absolute Gasteiger partial charge is 0.373 e. The summed E-state index contributed by atoms with van der Waals surface area (Å²) in [5.74, 6) is 0.236. The third kappa shape index (κ3) is 4.03. The van der Waals surface area contributed by atoms with Gasteiger partial charge < -0.3 is 15.1 Å². The third-order valence-corrected chi connectivity index (χ3v) is 4.74. The lowest BCUT2D eigenvalue weighted by Crippen LogP contribution is -2.46. The molecule has 1 aliphatic carbocycles. The van der Waals surface area contributed by atoms with Gasteiger partial charge in [0.05, 0.1) is 6.54 Å². The van der Waals surface area contributed by atoms with E-state index in [0.29, 0.717) is 0 Å². The molecule has 0 aromatic heterocycles. The van der Waals surface area contributed by atoms with Crippen LogP contribution in [0.5, 0.6) is 0 Å². The highest BCUT2D eigenvalue weighted by molar-refractivity contribution is 5.87. The Bertz CT molecular complexity index is 557. The van der Waals surface area contributed by atoms with Crippen molar-refractivity contribution >= 4 is 17.5 Å². The molecule has 1 aromatic carbocycles. The Hall–Kier alpha value is -2.04. The average Bonchev–Trinajstić information content (AvgIpc) is 3.33. The van der Waals surface area contributed by atoms with Crippen molar-refractivity contribution in [3.63, 3.8) is 0 Å². The first-order valence-electron chi connectivity index (χ1n) is 8.48. The summed E-state index contributed by atoms with van der Waals surface area (Å²) in [4.78, 5) is 28.2. The maximum absolute atomic E-state index is 12.4. The summed E-state index contributed by atoms with van der Waals surface area (Å²) in [6.45, 7) is 1.76. The molecule has 3 rings (SSSR count). The number of amides is 2. The Morgan fingerprint density at radius 1 is 1.22 bits per heavy atom. The van der Waals surface area contributed by atoms with E-state index in [1.165, 1.54) is 0 Å². The van der Waals surface area contributed by atoms with E-state index in [2.05, 4.69) is 29.4 Å². The summed E-state index contributed by atoms with van der Waals surface area (Å²) in [7, 11) is 2.06. The van der Waals surface area contributed by atoms with E-state index < -0.39 is 0 Å². The lowest BCUT2D eigenvalue weighted by Gasteiger charge is -2.30. The van der Waals surface area contributed by atoms with Crippen molar-refractivity contribution in [2.45, 2.75) is 31.7 Å². The topological polar surface area (TPSA) is 52.6 Å². The quantitative estimate of drug-likeness (QED) is 0.868. The zero-order chi connectivity index (χ0) is 16.2. The van der Waals surface area contributed by atoms with Crippen LogP contribution in [0.15, 0.2) is 30.3 Å². The summed E-state index contributed by atoms with van der Waals surface area (Å²) in [5, 5.41) is 2.78. The van der Waals surface area contributed by atoms with Crippen LogP contribution in [0, 0.1) is 5.92 Å². The number of likely N-dealkylation sites (tertiary alicyclic amines) is 1. The van der Waals surface area contributed by atoms with Crippen molar-refractivity contribution in [1.29, 1.82) is 0 Å². The van der Waals surface area contributed by atoms with E-state index in [0.717, 1.165) is 44.5 Å². The molecular weight excluding hydrogens is 290 g/mol. The van der Waals surface area contributed by atoms with Crippen LogP contribution in [0.25, 0.3) is 0 Å². The number of benzene rings is 1. The van der Waals surface area contributed by atoms with Crippen LogP contribution < -0.4 is 10.2 Å². The lowest BCUT2D eigenvalue weighted by atomic mass is 10.2. The number of nitrogens with zero attached hydrogens (tertiary/aromatic N) is 2. The third-order valence-electron chi connectivity index (χ3n) is 4.74. The predicted molar refractivity (Wildman–Crippen MR) is 90.2 cm³/mol. The lowest BCUT2D eigenvalue weighted by molar-refractivity contribution is -0.133. The number of carbonyl (C=O) groups is 2. The van der Waals surface area contributed by atoms with Gasteiger partial charge in [-0.1, -0.05) is 18.2 Å². The van der Waals surface area contributed by atoms with Crippen LogP contribution in [0.3, 0.4) is 0 Å². The molecule has 124 valence electrons. The molecule has 0 spiro atoms. The minimum atomic E-state index is 0.0375. The maximum atomic E-state index is 12.4. The fourth-order valence-corrected chi connectivity index (χ4v) is 3.21. The van der Waals surface area contributed by atoms with Crippen LogP contribution in [-0.4, -0.2) is 49.4 Å². The molecule has 2 aliphatic rings. The van der Waals surface area contributed by atoms with Crippen LogP contribution in [0.2, 0.25) is 0 Å². The summed E-state index contributed by atoms with van der Waals surface area (Å²) >= 11 is 0. The molecule has 1 aromatic rings. The van der Waals surface area contributed by atoms with Crippen LogP contribution >= 0.6 is 0 Å². The first-order chi connectivity index (χ1) is 11.1. The van der Waals surface area contributed by atoms with Gasteiger partial charge in [0.2, 0.25) is 11.8 Å². The Labute approximate surface area is 137 Å². The van der Waals surface area contributed by atoms with Gasteiger partial charge in [-0.05, 0) is 37.8 Å². The highest BCUT2D eigenvalue weighted by Crippen LogP contribution is 2.28. The minimum absolute atomic E-state index is 0.0375. The molecule has 2 amide bonds. The smallest absolute Gasteiger partial charge is 0.242 e. The van der Waals surface area contributed by atoms with Crippen LogP contribution in [0.1, 0.15) is 25.7 Å². The van der Waals surface area contributed by atoms with Gasteiger partial charge >= 0.3 is 0 Å². The van der Waals surface area contributed by atoms with E-state index in [9.17, 15) is 9.59 Å². The minimum Gasteiger partial charge on any atom is -0.373 e. The van der Waals surface area contributed by atoms with Crippen molar-refractivity contribution in [3.05, 3.63) is 30.3 Å². The molecule has 0 unspecified atom stereocenters. The van der Waals surface area contributed by atoms with E-state index in [1.54, 1.807) is 0 Å². The number of nitrogens with one attached hydrogen (secondary N) is 1. The summed E-state index contributed by atoms with van der Waals surface area (Å²) in [6.07, 6.45) is 4.00. The van der Waals surface area contributed by atoms with Gasteiger partial charge in [-0.15, -0.1) is 0 Å². The van der Waals surface area contributed by atoms with Crippen molar-refractivity contribution in [2.24, 2.45) is 5.92 Å². The molecule has 1 atom stereocenters. The second kappa shape index (κ2) is 7.02. The molecule has 1 N–H and O–H groups in total. The second-order valence-corrected chi connectivity index (χ2v) is 6.59. The van der Waals surface area contributed by atoms with Crippen LogP contribution in [0.4, 0.5) is 5.69 Å². The van der Waals surface area contributed by atoms with Gasteiger partial charge in [0, 0.05) is 37.8 Å².